The van der Waals surface area contributed by atoms with Crippen LogP contribution in [0.4, 0.5) is 0 Å². The highest BCUT2D eigenvalue weighted by Gasteiger charge is 1.88. The summed E-state index contributed by atoms with van der Waals surface area (Å²) in [6.45, 7) is 6.72. The number of hydrogen-bond acceptors (Lipinski definition) is 3. The Morgan fingerprint density at radius 2 is 1.25 bits per heavy atom. The molecule has 0 aromatic rings. The van der Waals surface area contributed by atoms with E-state index in [4.69, 9.17) is 17.2 Å². The van der Waals surface area contributed by atoms with Crippen LogP contribution in [-0.2, 0) is 0 Å². The molecule has 0 radical (unpaired) electrons. The van der Waals surface area contributed by atoms with Gasteiger partial charge in [0, 0.05) is 0 Å². The summed E-state index contributed by atoms with van der Waals surface area (Å²) in [5.41, 5.74) is 15.4. The van der Waals surface area contributed by atoms with Gasteiger partial charge in [-0.25, -0.2) is 0 Å². The van der Waals surface area contributed by atoms with Crippen molar-refractivity contribution in [2.24, 2.45) is 23.1 Å². The Hall–Kier alpha value is -0.120. The van der Waals surface area contributed by atoms with E-state index in [1.165, 1.54) is 12.8 Å². The molecule has 0 fully saturated rings. The summed E-state index contributed by atoms with van der Waals surface area (Å²) >= 11 is 0. The van der Waals surface area contributed by atoms with Crippen molar-refractivity contribution in [1.29, 1.82) is 0 Å². The van der Waals surface area contributed by atoms with Crippen molar-refractivity contribution < 1.29 is 0 Å². The molecule has 0 amide bonds. The van der Waals surface area contributed by atoms with Gasteiger partial charge >= 0.3 is 0 Å². The average Bonchev–Trinajstić information content (AvgIpc) is 2.03. The maximum atomic E-state index is 5.28. The minimum atomic E-state index is 0.719. The highest BCUT2D eigenvalue weighted by molar-refractivity contribution is 4.44. The molecule has 0 aliphatic rings. The van der Waals surface area contributed by atoms with E-state index in [0.717, 1.165) is 32.0 Å². The highest BCUT2D eigenvalue weighted by Crippen LogP contribution is 2.00. The van der Waals surface area contributed by atoms with Gasteiger partial charge < -0.3 is 17.2 Å². The molecule has 6 N–H and O–H groups in total. The lowest BCUT2D eigenvalue weighted by Gasteiger charge is -1.98. The highest BCUT2D eigenvalue weighted by atomic mass is 14.6. The van der Waals surface area contributed by atoms with E-state index in [1.807, 2.05) is 0 Å². The van der Waals surface area contributed by atoms with Crippen LogP contribution in [0.5, 0.6) is 0 Å². The molecule has 0 heterocycles. The van der Waals surface area contributed by atoms with E-state index in [2.05, 4.69) is 13.8 Å². The molecule has 0 bridgehead atoms. The molecule has 0 aromatic carbocycles. The molecule has 0 aliphatic carbocycles. The summed E-state index contributed by atoms with van der Waals surface area (Å²) < 4.78 is 0. The van der Waals surface area contributed by atoms with Gasteiger partial charge in [0.1, 0.15) is 0 Å². The number of nitrogens with two attached hydrogens (primary N) is 3. The zero-order valence-corrected chi connectivity index (χ0v) is 8.55. The number of hydrogen-bond donors (Lipinski definition) is 3. The van der Waals surface area contributed by atoms with Crippen molar-refractivity contribution in [3.05, 3.63) is 0 Å². The molecule has 0 unspecified atom stereocenters. The van der Waals surface area contributed by atoms with Gasteiger partial charge in [-0.1, -0.05) is 13.8 Å². The van der Waals surface area contributed by atoms with Gasteiger partial charge in [0.25, 0.3) is 0 Å². The van der Waals surface area contributed by atoms with Crippen molar-refractivity contribution in [2.75, 3.05) is 19.6 Å². The molecule has 3 nitrogen and oxygen atoms in total. The molecule has 12 heavy (non-hydrogen) atoms. The monoisotopic (exact) mass is 175 g/mol. The van der Waals surface area contributed by atoms with Gasteiger partial charge in [0.2, 0.25) is 0 Å². The SMILES string of the molecule is CC(C)CCCN.NCCCN. The van der Waals surface area contributed by atoms with Crippen molar-refractivity contribution >= 4 is 0 Å². The second kappa shape index (κ2) is 13.5. The van der Waals surface area contributed by atoms with Gasteiger partial charge in [0.15, 0.2) is 0 Å². The summed E-state index contributed by atoms with van der Waals surface area (Å²) in [5, 5.41) is 0. The average molecular weight is 175 g/mol. The lowest BCUT2D eigenvalue weighted by atomic mass is 10.1. The van der Waals surface area contributed by atoms with Crippen molar-refractivity contribution in [3.8, 4) is 0 Å². The van der Waals surface area contributed by atoms with E-state index >= 15 is 0 Å². The third-order valence-electron chi connectivity index (χ3n) is 1.39. The molecular formula is C9H25N3. The lowest BCUT2D eigenvalue weighted by Crippen LogP contribution is -2.06. The van der Waals surface area contributed by atoms with E-state index in [-0.39, 0.29) is 0 Å². The Labute approximate surface area is 76.7 Å². The summed E-state index contributed by atoms with van der Waals surface area (Å²) in [6.07, 6.45) is 3.40. The minimum Gasteiger partial charge on any atom is -0.330 e. The molecule has 3 heteroatoms. The molecule has 0 rings (SSSR count). The van der Waals surface area contributed by atoms with E-state index in [1.54, 1.807) is 0 Å². The first-order valence-corrected chi connectivity index (χ1v) is 4.79. The van der Waals surface area contributed by atoms with Gasteiger partial charge in [-0.3, -0.25) is 0 Å². The Morgan fingerprint density at radius 3 is 1.33 bits per heavy atom. The fourth-order valence-corrected chi connectivity index (χ4v) is 0.644. The second-order valence-electron chi connectivity index (χ2n) is 3.26. The predicted molar refractivity (Wildman–Crippen MR) is 55.9 cm³/mol. The maximum absolute atomic E-state index is 5.28. The first-order chi connectivity index (χ1) is 5.68. The molecule has 76 valence electrons. The molecule has 0 saturated carbocycles. The maximum Gasteiger partial charge on any atom is -0.00653 e. The summed E-state index contributed by atoms with van der Waals surface area (Å²) in [4.78, 5) is 0. The topological polar surface area (TPSA) is 78.1 Å². The van der Waals surface area contributed by atoms with Crippen molar-refractivity contribution in [2.45, 2.75) is 33.1 Å². The minimum absolute atomic E-state index is 0.719. The predicted octanol–water partition coefficient (Wildman–Crippen LogP) is 0.675. The first-order valence-electron chi connectivity index (χ1n) is 4.79. The first kappa shape index (κ1) is 14.4. The quantitative estimate of drug-likeness (QED) is 0.575. The van der Waals surface area contributed by atoms with Crippen molar-refractivity contribution in [3.63, 3.8) is 0 Å². The van der Waals surface area contributed by atoms with Crippen LogP contribution in [0.2, 0.25) is 0 Å². The van der Waals surface area contributed by atoms with Crippen LogP contribution in [0.1, 0.15) is 33.1 Å². The van der Waals surface area contributed by atoms with Crippen LogP contribution in [0.25, 0.3) is 0 Å². The zero-order chi connectivity index (χ0) is 9.82. The third-order valence-corrected chi connectivity index (χ3v) is 1.39. The molecule has 0 aromatic heterocycles. The normalized spacial score (nSPS) is 9.50. The number of rotatable bonds is 5. The summed E-state index contributed by atoms with van der Waals surface area (Å²) in [6, 6.07) is 0. The standard InChI is InChI=1S/C6H15N.C3H10N2/c1-6(2)4-3-5-7;4-2-1-3-5/h6H,3-5,7H2,1-2H3;1-5H2. The summed E-state index contributed by atoms with van der Waals surface area (Å²) in [5.74, 6) is 0.823. The van der Waals surface area contributed by atoms with E-state index in [0.29, 0.717) is 0 Å². The van der Waals surface area contributed by atoms with Crippen LogP contribution < -0.4 is 17.2 Å². The Kier molecular flexibility index (Phi) is 16.2. The van der Waals surface area contributed by atoms with Gasteiger partial charge in [-0.15, -0.1) is 0 Å². The zero-order valence-electron chi connectivity index (χ0n) is 8.55. The Balaban J connectivity index is 0. The van der Waals surface area contributed by atoms with Gasteiger partial charge in [0.05, 0.1) is 0 Å². The van der Waals surface area contributed by atoms with E-state index < -0.39 is 0 Å². The van der Waals surface area contributed by atoms with Crippen LogP contribution in [0, 0.1) is 5.92 Å². The lowest BCUT2D eigenvalue weighted by molar-refractivity contribution is 0.561. The smallest absolute Gasteiger partial charge is 0.00653 e. The third kappa shape index (κ3) is 22.5. The molecular weight excluding hydrogens is 150 g/mol. The van der Waals surface area contributed by atoms with Gasteiger partial charge in [-0.2, -0.15) is 0 Å². The van der Waals surface area contributed by atoms with Crippen LogP contribution in [-0.4, -0.2) is 19.6 Å². The van der Waals surface area contributed by atoms with Crippen LogP contribution in [0.3, 0.4) is 0 Å². The Bertz CT molecular complexity index is 62.8. The van der Waals surface area contributed by atoms with Crippen molar-refractivity contribution in [1.82, 2.24) is 0 Å². The van der Waals surface area contributed by atoms with E-state index in [9.17, 15) is 0 Å². The fourth-order valence-electron chi connectivity index (χ4n) is 0.644. The summed E-state index contributed by atoms with van der Waals surface area (Å²) in [7, 11) is 0. The fraction of sp³-hybridized carbons (Fsp3) is 1.00. The van der Waals surface area contributed by atoms with Gasteiger partial charge in [-0.05, 0) is 44.8 Å². The van der Waals surface area contributed by atoms with Crippen LogP contribution in [0.15, 0.2) is 0 Å². The molecule has 0 aliphatic heterocycles. The Morgan fingerprint density at radius 1 is 0.833 bits per heavy atom. The molecule has 0 spiro atoms. The molecule has 0 atom stereocenters. The molecule has 0 saturated heterocycles. The van der Waals surface area contributed by atoms with Crippen LogP contribution >= 0.6 is 0 Å². The largest absolute Gasteiger partial charge is 0.330 e. The second-order valence-corrected chi connectivity index (χ2v) is 3.26.